The van der Waals surface area contributed by atoms with Gasteiger partial charge in [0, 0.05) is 8.07 Å². The van der Waals surface area contributed by atoms with Gasteiger partial charge in [-0.15, -0.1) is 6.58 Å². The number of aromatic hydroxyl groups is 1. The molecular formula is C17H28OSi. The summed E-state index contributed by atoms with van der Waals surface area (Å²) >= 11 is 0. The topological polar surface area (TPSA) is 20.2 Å². The van der Waals surface area contributed by atoms with Gasteiger partial charge in [-0.2, -0.15) is 0 Å². The molecule has 0 radical (unpaired) electrons. The Hall–Kier alpha value is -1.02. The zero-order valence-electron chi connectivity index (χ0n) is 13.1. The van der Waals surface area contributed by atoms with Crippen LogP contribution in [-0.2, 0) is 6.42 Å². The van der Waals surface area contributed by atoms with E-state index in [1.165, 1.54) is 17.2 Å². The van der Waals surface area contributed by atoms with Gasteiger partial charge in [0.05, 0.1) is 0 Å². The zero-order valence-corrected chi connectivity index (χ0v) is 14.1. The Bertz CT molecular complexity index is 432. The summed E-state index contributed by atoms with van der Waals surface area (Å²) in [4.78, 5) is 0. The number of hydrogen-bond acceptors (Lipinski definition) is 1. The maximum absolute atomic E-state index is 9.76. The fraction of sp³-hybridized carbons (Fsp3) is 0.529. The van der Waals surface area contributed by atoms with Gasteiger partial charge in [0.2, 0.25) is 0 Å². The van der Waals surface area contributed by atoms with Crippen molar-refractivity contribution in [1.29, 1.82) is 0 Å². The number of allylic oxidation sites excluding steroid dienone is 1. The van der Waals surface area contributed by atoms with E-state index in [2.05, 4.69) is 38.4 Å². The molecule has 0 bridgehead atoms. The fourth-order valence-corrected chi connectivity index (χ4v) is 4.25. The normalized spacial score (nSPS) is 11.6. The van der Waals surface area contributed by atoms with Gasteiger partial charge >= 0.3 is 0 Å². The van der Waals surface area contributed by atoms with Crippen LogP contribution < -0.4 is 0 Å². The molecule has 0 aliphatic rings. The lowest BCUT2D eigenvalue weighted by Crippen LogP contribution is -2.19. The van der Waals surface area contributed by atoms with E-state index in [4.69, 9.17) is 0 Å². The van der Waals surface area contributed by atoms with Gasteiger partial charge in [0.15, 0.2) is 0 Å². The zero-order chi connectivity index (χ0) is 14.6. The largest absolute Gasteiger partial charge is 0.507 e. The van der Waals surface area contributed by atoms with Crippen LogP contribution in [0.4, 0.5) is 0 Å². The third-order valence-electron chi connectivity index (χ3n) is 3.33. The van der Waals surface area contributed by atoms with Crippen LogP contribution in [0, 0.1) is 13.8 Å². The SMILES string of the molecule is C=C(CCCc1cc(C)c(O)c(C)c1)C[Si](C)(C)C. The first kappa shape index (κ1) is 16.0. The van der Waals surface area contributed by atoms with Gasteiger partial charge < -0.3 is 5.11 Å². The Morgan fingerprint density at radius 2 is 1.68 bits per heavy atom. The van der Waals surface area contributed by atoms with Crippen molar-refractivity contribution in [2.24, 2.45) is 0 Å². The van der Waals surface area contributed by atoms with Crippen molar-refractivity contribution in [2.75, 3.05) is 0 Å². The Balaban J connectivity index is 2.48. The molecule has 1 N–H and O–H groups in total. The van der Waals surface area contributed by atoms with Crippen molar-refractivity contribution in [3.05, 3.63) is 41.0 Å². The molecule has 0 saturated carbocycles. The molecule has 2 heteroatoms. The molecule has 1 rings (SSSR count). The predicted octanol–water partition coefficient (Wildman–Crippen LogP) is 5.23. The van der Waals surface area contributed by atoms with Gasteiger partial charge in [-0.05, 0) is 55.8 Å². The minimum atomic E-state index is -1.01. The van der Waals surface area contributed by atoms with E-state index < -0.39 is 8.07 Å². The number of phenols is 1. The van der Waals surface area contributed by atoms with E-state index >= 15 is 0 Å². The number of phenolic OH excluding ortho intramolecular Hbond substituents is 1. The van der Waals surface area contributed by atoms with Crippen LogP contribution in [0.2, 0.25) is 25.7 Å². The summed E-state index contributed by atoms with van der Waals surface area (Å²) in [6.45, 7) is 15.3. The third kappa shape index (κ3) is 5.64. The molecule has 1 nitrogen and oxygen atoms in total. The summed E-state index contributed by atoms with van der Waals surface area (Å²) in [5.41, 5.74) is 4.70. The first-order valence-corrected chi connectivity index (χ1v) is 10.9. The first-order chi connectivity index (χ1) is 8.69. The van der Waals surface area contributed by atoms with Gasteiger partial charge in [-0.1, -0.05) is 37.3 Å². The van der Waals surface area contributed by atoms with E-state index in [-0.39, 0.29) is 0 Å². The lowest BCUT2D eigenvalue weighted by molar-refractivity contribution is 0.466. The van der Waals surface area contributed by atoms with Crippen LogP contribution in [0.1, 0.15) is 29.5 Å². The average molecular weight is 276 g/mol. The Labute approximate surface area is 119 Å². The molecule has 1 aromatic rings. The molecule has 0 atom stereocenters. The second-order valence-electron chi connectivity index (χ2n) is 6.92. The minimum absolute atomic E-state index is 0.437. The Morgan fingerprint density at radius 1 is 1.16 bits per heavy atom. The van der Waals surface area contributed by atoms with E-state index in [1.807, 2.05) is 13.8 Å². The molecule has 0 saturated heterocycles. The van der Waals surface area contributed by atoms with E-state index in [9.17, 15) is 5.11 Å². The van der Waals surface area contributed by atoms with Crippen LogP contribution >= 0.6 is 0 Å². The van der Waals surface area contributed by atoms with Crippen LogP contribution in [0.3, 0.4) is 0 Å². The van der Waals surface area contributed by atoms with Crippen molar-refractivity contribution in [1.82, 2.24) is 0 Å². The van der Waals surface area contributed by atoms with E-state index in [0.29, 0.717) is 5.75 Å². The highest BCUT2D eigenvalue weighted by Gasteiger charge is 2.14. The quantitative estimate of drug-likeness (QED) is 0.557. The van der Waals surface area contributed by atoms with Gasteiger partial charge in [0.1, 0.15) is 5.75 Å². The number of rotatable bonds is 6. The van der Waals surface area contributed by atoms with Gasteiger partial charge in [-0.25, -0.2) is 0 Å². The number of benzene rings is 1. The average Bonchev–Trinajstić information content (AvgIpc) is 2.23. The van der Waals surface area contributed by atoms with Crippen molar-refractivity contribution >= 4 is 8.07 Å². The summed E-state index contributed by atoms with van der Waals surface area (Å²) in [5, 5.41) is 9.76. The van der Waals surface area contributed by atoms with Crippen molar-refractivity contribution in [3.8, 4) is 5.75 Å². The van der Waals surface area contributed by atoms with Crippen LogP contribution in [0.25, 0.3) is 0 Å². The van der Waals surface area contributed by atoms with E-state index in [1.54, 1.807) is 0 Å². The van der Waals surface area contributed by atoms with Crippen LogP contribution in [0.5, 0.6) is 5.75 Å². The molecule has 0 unspecified atom stereocenters. The summed E-state index contributed by atoms with van der Waals surface area (Å²) in [7, 11) is -1.01. The monoisotopic (exact) mass is 276 g/mol. The van der Waals surface area contributed by atoms with E-state index in [0.717, 1.165) is 30.4 Å². The Morgan fingerprint density at radius 3 is 2.16 bits per heavy atom. The predicted molar refractivity (Wildman–Crippen MR) is 87.8 cm³/mol. The minimum Gasteiger partial charge on any atom is -0.507 e. The molecule has 19 heavy (non-hydrogen) atoms. The maximum Gasteiger partial charge on any atom is 0.121 e. The van der Waals surface area contributed by atoms with Gasteiger partial charge in [0.25, 0.3) is 0 Å². The number of hydrogen-bond donors (Lipinski definition) is 1. The lowest BCUT2D eigenvalue weighted by Gasteiger charge is -2.17. The van der Waals surface area contributed by atoms with Crippen molar-refractivity contribution in [2.45, 2.75) is 58.8 Å². The molecule has 0 heterocycles. The molecule has 106 valence electrons. The molecule has 0 fully saturated rings. The highest BCUT2D eigenvalue weighted by atomic mass is 28.3. The molecule has 0 amide bonds. The Kier molecular flexibility index (Phi) is 5.42. The molecule has 0 spiro atoms. The second-order valence-corrected chi connectivity index (χ2v) is 12.4. The molecule has 0 aromatic heterocycles. The standard InChI is InChI=1S/C17H28OSi/c1-13(12-19(4,5)6)8-7-9-16-10-14(2)17(18)15(3)11-16/h10-11,18H,1,7-9,12H2,2-6H3. The second kappa shape index (κ2) is 6.42. The first-order valence-electron chi connectivity index (χ1n) is 7.15. The smallest absolute Gasteiger partial charge is 0.121 e. The summed E-state index contributed by atoms with van der Waals surface area (Å²) < 4.78 is 0. The summed E-state index contributed by atoms with van der Waals surface area (Å²) in [6, 6.07) is 5.44. The fourth-order valence-electron chi connectivity index (χ4n) is 2.57. The third-order valence-corrected chi connectivity index (χ3v) is 4.89. The molecule has 0 aliphatic carbocycles. The number of aryl methyl sites for hydroxylation is 3. The van der Waals surface area contributed by atoms with Crippen molar-refractivity contribution in [3.63, 3.8) is 0 Å². The maximum atomic E-state index is 9.76. The summed E-state index contributed by atoms with van der Waals surface area (Å²) in [5.74, 6) is 0.437. The highest BCUT2D eigenvalue weighted by Crippen LogP contribution is 2.25. The molecule has 0 aliphatic heterocycles. The molecule has 1 aromatic carbocycles. The van der Waals surface area contributed by atoms with Crippen LogP contribution in [0.15, 0.2) is 24.3 Å². The van der Waals surface area contributed by atoms with Crippen molar-refractivity contribution < 1.29 is 5.11 Å². The highest BCUT2D eigenvalue weighted by molar-refractivity contribution is 6.76. The lowest BCUT2D eigenvalue weighted by atomic mass is 10.0. The van der Waals surface area contributed by atoms with Gasteiger partial charge in [-0.3, -0.25) is 0 Å². The van der Waals surface area contributed by atoms with Crippen LogP contribution in [-0.4, -0.2) is 13.2 Å². The summed E-state index contributed by atoms with van der Waals surface area (Å²) in [6.07, 6.45) is 3.36. The molecular weight excluding hydrogens is 248 g/mol.